The van der Waals surface area contributed by atoms with Crippen LogP contribution < -0.4 is 15.4 Å². The number of amides is 1. The van der Waals surface area contributed by atoms with Crippen molar-refractivity contribution in [1.82, 2.24) is 5.32 Å². The first-order chi connectivity index (χ1) is 12.8. The average molecular weight is 366 g/mol. The SMILES string of the molecule is CCOc1ccc(C(=O)Nc2ccc3c(c2)CNCC3(C)C)cc1C(C)=O. The Morgan fingerprint density at radius 1 is 1.19 bits per heavy atom. The Kier molecular flexibility index (Phi) is 5.33. The van der Waals surface area contributed by atoms with Crippen molar-refractivity contribution in [2.24, 2.45) is 0 Å². The predicted molar refractivity (Wildman–Crippen MR) is 107 cm³/mol. The van der Waals surface area contributed by atoms with Gasteiger partial charge in [0.1, 0.15) is 5.75 Å². The van der Waals surface area contributed by atoms with Crippen LogP contribution in [0.15, 0.2) is 36.4 Å². The number of ketones is 1. The van der Waals surface area contributed by atoms with Crippen LogP contribution in [0.4, 0.5) is 5.69 Å². The van der Waals surface area contributed by atoms with E-state index < -0.39 is 0 Å². The largest absolute Gasteiger partial charge is 0.493 e. The van der Waals surface area contributed by atoms with E-state index >= 15 is 0 Å². The Hall–Kier alpha value is -2.66. The summed E-state index contributed by atoms with van der Waals surface area (Å²) < 4.78 is 5.47. The van der Waals surface area contributed by atoms with Crippen LogP contribution >= 0.6 is 0 Å². The van der Waals surface area contributed by atoms with Gasteiger partial charge >= 0.3 is 0 Å². The Morgan fingerprint density at radius 2 is 1.96 bits per heavy atom. The number of carbonyl (C=O) groups is 2. The maximum Gasteiger partial charge on any atom is 0.255 e. The molecule has 0 radical (unpaired) electrons. The summed E-state index contributed by atoms with van der Waals surface area (Å²) in [6.07, 6.45) is 0. The van der Waals surface area contributed by atoms with Gasteiger partial charge in [-0.3, -0.25) is 9.59 Å². The summed E-state index contributed by atoms with van der Waals surface area (Å²) in [5.74, 6) is 0.127. The molecule has 3 rings (SSSR count). The molecule has 2 aromatic carbocycles. The third-order valence-electron chi connectivity index (χ3n) is 4.90. The van der Waals surface area contributed by atoms with Crippen molar-refractivity contribution in [3.05, 3.63) is 58.7 Å². The molecule has 0 bridgehead atoms. The molecule has 1 heterocycles. The van der Waals surface area contributed by atoms with Crippen LogP contribution in [0.2, 0.25) is 0 Å². The van der Waals surface area contributed by atoms with Gasteiger partial charge in [-0.2, -0.15) is 0 Å². The molecule has 5 nitrogen and oxygen atoms in total. The average Bonchev–Trinajstić information content (AvgIpc) is 2.61. The minimum atomic E-state index is -0.247. The standard InChI is InChI=1S/C22H26N2O3/c1-5-27-20-9-6-15(11-18(20)14(2)25)21(26)24-17-7-8-19-16(10-17)12-23-13-22(19,3)4/h6-11,23H,5,12-13H2,1-4H3,(H,24,26). The summed E-state index contributed by atoms with van der Waals surface area (Å²) in [6, 6.07) is 11.0. The van der Waals surface area contributed by atoms with Crippen LogP contribution in [0.3, 0.4) is 0 Å². The molecule has 27 heavy (non-hydrogen) atoms. The molecule has 0 atom stereocenters. The van der Waals surface area contributed by atoms with Crippen LogP contribution in [0.25, 0.3) is 0 Å². The minimum Gasteiger partial charge on any atom is -0.493 e. The van der Waals surface area contributed by atoms with E-state index in [1.54, 1.807) is 18.2 Å². The van der Waals surface area contributed by atoms with Gasteiger partial charge < -0.3 is 15.4 Å². The number of carbonyl (C=O) groups excluding carboxylic acids is 2. The fourth-order valence-electron chi connectivity index (χ4n) is 3.51. The van der Waals surface area contributed by atoms with Gasteiger partial charge in [0.25, 0.3) is 5.91 Å². The van der Waals surface area contributed by atoms with Gasteiger partial charge in [-0.1, -0.05) is 19.9 Å². The van der Waals surface area contributed by atoms with E-state index in [4.69, 9.17) is 4.74 Å². The quantitative estimate of drug-likeness (QED) is 0.787. The monoisotopic (exact) mass is 366 g/mol. The Bertz CT molecular complexity index is 887. The number of anilines is 1. The second kappa shape index (κ2) is 7.53. The van der Waals surface area contributed by atoms with Crippen molar-refractivity contribution in [3.63, 3.8) is 0 Å². The number of fused-ring (bicyclic) bond motifs is 1. The molecule has 142 valence electrons. The fraction of sp³-hybridized carbons (Fsp3) is 0.364. The maximum absolute atomic E-state index is 12.7. The van der Waals surface area contributed by atoms with E-state index in [1.165, 1.54) is 18.1 Å². The molecule has 0 fully saturated rings. The Morgan fingerprint density at radius 3 is 2.67 bits per heavy atom. The first kappa shape index (κ1) is 19.1. The predicted octanol–water partition coefficient (Wildman–Crippen LogP) is 3.92. The van der Waals surface area contributed by atoms with E-state index in [0.29, 0.717) is 23.5 Å². The third-order valence-corrected chi connectivity index (χ3v) is 4.90. The molecule has 0 saturated carbocycles. The second-order valence-electron chi connectivity index (χ2n) is 7.51. The zero-order chi connectivity index (χ0) is 19.6. The third kappa shape index (κ3) is 4.03. The summed E-state index contributed by atoms with van der Waals surface area (Å²) in [5, 5.41) is 6.35. The molecule has 1 aliphatic heterocycles. The van der Waals surface area contributed by atoms with Crippen molar-refractivity contribution in [3.8, 4) is 5.75 Å². The minimum absolute atomic E-state index is 0.0711. The lowest BCUT2D eigenvalue weighted by atomic mass is 9.79. The number of Topliss-reactive ketones (excluding diaryl/α,β-unsaturated/α-hetero) is 1. The highest BCUT2D eigenvalue weighted by Crippen LogP contribution is 2.31. The van der Waals surface area contributed by atoms with Crippen LogP contribution in [-0.4, -0.2) is 24.8 Å². The van der Waals surface area contributed by atoms with Gasteiger partial charge in [0, 0.05) is 29.8 Å². The van der Waals surface area contributed by atoms with Crippen LogP contribution in [0.1, 0.15) is 59.5 Å². The number of nitrogens with one attached hydrogen (secondary N) is 2. The maximum atomic E-state index is 12.7. The number of ether oxygens (including phenoxy) is 1. The summed E-state index contributed by atoms with van der Waals surface area (Å²) in [7, 11) is 0. The first-order valence-electron chi connectivity index (χ1n) is 9.25. The highest BCUT2D eigenvalue weighted by Gasteiger charge is 2.27. The first-order valence-corrected chi connectivity index (χ1v) is 9.25. The summed E-state index contributed by atoms with van der Waals surface area (Å²) >= 11 is 0. The number of hydrogen-bond acceptors (Lipinski definition) is 4. The van der Waals surface area contributed by atoms with Crippen LogP contribution in [-0.2, 0) is 12.0 Å². The molecule has 0 saturated heterocycles. The molecule has 0 aromatic heterocycles. The lowest BCUT2D eigenvalue weighted by molar-refractivity contribution is 0.101. The number of benzene rings is 2. The molecular weight excluding hydrogens is 340 g/mol. The molecule has 2 aromatic rings. The highest BCUT2D eigenvalue weighted by atomic mass is 16.5. The second-order valence-corrected chi connectivity index (χ2v) is 7.51. The number of rotatable bonds is 5. The van der Waals surface area contributed by atoms with Gasteiger partial charge in [0.15, 0.2) is 5.78 Å². The van der Waals surface area contributed by atoms with E-state index in [9.17, 15) is 9.59 Å². The van der Waals surface area contributed by atoms with Gasteiger partial charge in [0.05, 0.1) is 12.2 Å². The van der Waals surface area contributed by atoms with Crippen molar-refractivity contribution >= 4 is 17.4 Å². The Labute approximate surface area is 160 Å². The summed E-state index contributed by atoms with van der Waals surface area (Å²) in [5.41, 5.74) is 4.17. The zero-order valence-corrected chi connectivity index (χ0v) is 16.3. The zero-order valence-electron chi connectivity index (χ0n) is 16.3. The molecule has 1 amide bonds. The molecule has 0 unspecified atom stereocenters. The van der Waals surface area contributed by atoms with Crippen LogP contribution in [0.5, 0.6) is 5.75 Å². The van der Waals surface area contributed by atoms with Crippen molar-refractivity contribution in [2.45, 2.75) is 39.7 Å². The molecule has 1 aliphatic rings. The molecule has 5 heteroatoms. The Balaban J connectivity index is 1.84. The van der Waals surface area contributed by atoms with E-state index in [-0.39, 0.29) is 17.1 Å². The lowest BCUT2D eigenvalue weighted by Gasteiger charge is -2.33. The van der Waals surface area contributed by atoms with E-state index in [1.807, 2.05) is 19.1 Å². The normalized spacial score (nSPS) is 15.0. The topological polar surface area (TPSA) is 67.4 Å². The fourth-order valence-corrected chi connectivity index (χ4v) is 3.51. The molecule has 0 aliphatic carbocycles. The van der Waals surface area contributed by atoms with Crippen LogP contribution in [0, 0.1) is 0 Å². The molecule has 0 spiro atoms. The van der Waals surface area contributed by atoms with Crippen molar-refractivity contribution < 1.29 is 14.3 Å². The van der Waals surface area contributed by atoms with Gasteiger partial charge in [-0.15, -0.1) is 0 Å². The summed E-state index contributed by atoms with van der Waals surface area (Å²) in [4.78, 5) is 24.6. The smallest absolute Gasteiger partial charge is 0.255 e. The van der Waals surface area contributed by atoms with Crippen molar-refractivity contribution in [1.29, 1.82) is 0 Å². The van der Waals surface area contributed by atoms with Gasteiger partial charge in [-0.25, -0.2) is 0 Å². The highest BCUT2D eigenvalue weighted by molar-refractivity contribution is 6.07. The number of hydrogen-bond donors (Lipinski definition) is 2. The molecule has 2 N–H and O–H groups in total. The van der Waals surface area contributed by atoms with Gasteiger partial charge in [0.2, 0.25) is 0 Å². The lowest BCUT2D eigenvalue weighted by Crippen LogP contribution is -2.38. The van der Waals surface area contributed by atoms with Crippen molar-refractivity contribution in [2.75, 3.05) is 18.5 Å². The van der Waals surface area contributed by atoms with E-state index in [0.717, 1.165) is 18.8 Å². The summed E-state index contributed by atoms with van der Waals surface area (Å²) in [6.45, 7) is 9.94. The van der Waals surface area contributed by atoms with E-state index in [2.05, 4.69) is 30.5 Å². The molecular formula is C22H26N2O3. The van der Waals surface area contributed by atoms with Gasteiger partial charge in [-0.05, 0) is 55.3 Å².